The van der Waals surface area contributed by atoms with Crippen molar-refractivity contribution in [3.8, 4) is 0 Å². The van der Waals surface area contributed by atoms with Crippen LogP contribution in [0, 0.1) is 0 Å². The molecule has 1 heterocycles. The first-order chi connectivity index (χ1) is 14.1. The van der Waals surface area contributed by atoms with Gasteiger partial charge in [0.05, 0.1) is 11.4 Å². The van der Waals surface area contributed by atoms with Gasteiger partial charge < -0.3 is 0 Å². The van der Waals surface area contributed by atoms with Gasteiger partial charge in [0.25, 0.3) is 0 Å². The zero-order chi connectivity index (χ0) is 20.2. The second-order valence-corrected chi connectivity index (χ2v) is 9.61. The Hall–Kier alpha value is -1.43. The van der Waals surface area contributed by atoms with E-state index < -0.39 is 0 Å². The van der Waals surface area contributed by atoms with Gasteiger partial charge in [-0.15, -0.1) is 0 Å². The van der Waals surface area contributed by atoms with E-state index in [1.807, 2.05) is 42.5 Å². The topological polar surface area (TPSA) is 24.4 Å². The molecule has 4 rings (SSSR count). The van der Waals surface area contributed by atoms with E-state index in [-0.39, 0.29) is 0 Å². The summed E-state index contributed by atoms with van der Waals surface area (Å²) in [5.41, 5.74) is 4.01. The van der Waals surface area contributed by atoms with Crippen LogP contribution in [0.5, 0.6) is 0 Å². The summed E-state index contributed by atoms with van der Waals surface area (Å²) < 4.78 is 3.43. The zero-order valence-electron chi connectivity index (χ0n) is 15.9. The molecule has 0 spiro atoms. The minimum Gasteiger partial charge on any atom is -0.260 e. The molecule has 0 saturated heterocycles. The average Bonchev–Trinajstić information content (AvgIpc) is 2.87. The molecule has 3 aromatic rings. The highest BCUT2D eigenvalue weighted by molar-refractivity contribution is 7.99. The number of hydrogen-bond acceptors (Lipinski definition) is 4. The van der Waals surface area contributed by atoms with Crippen molar-refractivity contribution in [3.05, 3.63) is 81.8 Å². The number of fused-ring (bicyclic) bond motifs is 2. The summed E-state index contributed by atoms with van der Waals surface area (Å²) in [6.45, 7) is 3.19. The minimum absolute atomic E-state index is 0.714. The van der Waals surface area contributed by atoms with Gasteiger partial charge >= 0.3 is 0 Å². The van der Waals surface area contributed by atoms with Crippen LogP contribution in [0.4, 0.5) is 5.69 Å². The van der Waals surface area contributed by atoms with Crippen molar-refractivity contribution in [2.45, 2.75) is 34.5 Å². The number of hydrogen-bond donors (Lipinski definition) is 1. The molecule has 0 amide bonds. The molecule has 0 atom stereocenters. The highest BCUT2D eigenvalue weighted by Gasteiger charge is 2.19. The third-order valence-corrected chi connectivity index (χ3v) is 6.97. The van der Waals surface area contributed by atoms with Gasteiger partial charge in [0, 0.05) is 42.4 Å². The SMILES string of the molecule is CCCCNSc1ccc2c(c1)N=C(c1ccc(Cl)cc1)c1ccc(Cl)cc1S2. The average molecular weight is 459 g/mol. The second kappa shape index (κ2) is 9.59. The predicted octanol–water partition coefficient (Wildman–Crippen LogP) is 8.02. The monoisotopic (exact) mass is 458 g/mol. The molecular weight excluding hydrogens is 439 g/mol. The van der Waals surface area contributed by atoms with Gasteiger partial charge in [-0.05, 0) is 60.8 Å². The molecule has 0 saturated carbocycles. The van der Waals surface area contributed by atoms with Crippen LogP contribution in [0.25, 0.3) is 0 Å². The minimum atomic E-state index is 0.714. The first-order valence-electron chi connectivity index (χ1n) is 9.50. The summed E-state index contributed by atoms with van der Waals surface area (Å²) in [5.74, 6) is 0. The Morgan fingerprint density at radius 1 is 0.931 bits per heavy atom. The largest absolute Gasteiger partial charge is 0.260 e. The summed E-state index contributed by atoms with van der Waals surface area (Å²) in [4.78, 5) is 8.46. The van der Waals surface area contributed by atoms with Crippen LogP contribution in [0.15, 0.2) is 80.3 Å². The van der Waals surface area contributed by atoms with E-state index in [0.717, 1.165) is 48.8 Å². The second-order valence-electron chi connectivity index (χ2n) is 6.69. The van der Waals surface area contributed by atoms with Gasteiger partial charge in [0.15, 0.2) is 0 Å². The van der Waals surface area contributed by atoms with E-state index in [4.69, 9.17) is 28.2 Å². The molecule has 0 bridgehead atoms. The molecule has 2 nitrogen and oxygen atoms in total. The van der Waals surface area contributed by atoms with Gasteiger partial charge in [-0.2, -0.15) is 0 Å². The normalized spacial score (nSPS) is 12.7. The molecule has 0 fully saturated rings. The lowest BCUT2D eigenvalue weighted by molar-refractivity contribution is 0.776. The maximum atomic E-state index is 6.30. The maximum Gasteiger partial charge on any atom is 0.0793 e. The third kappa shape index (κ3) is 5.01. The number of benzene rings is 3. The van der Waals surface area contributed by atoms with Gasteiger partial charge in [0.1, 0.15) is 0 Å². The fourth-order valence-corrected chi connectivity index (χ4v) is 5.15. The summed E-state index contributed by atoms with van der Waals surface area (Å²) in [5, 5.41) is 1.44. The van der Waals surface area contributed by atoms with Crippen molar-refractivity contribution >= 4 is 58.3 Å². The number of nitrogens with zero attached hydrogens (tertiary/aromatic N) is 1. The first kappa shape index (κ1) is 20.8. The summed E-state index contributed by atoms with van der Waals surface area (Å²) in [7, 11) is 0. The van der Waals surface area contributed by atoms with Crippen LogP contribution in [0.1, 0.15) is 30.9 Å². The Morgan fingerprint density at radius 2 is 1.72 bits per heavy atom. The Morgan fingerprint density at radius 3 is 2.52 bits per heavy atom. The number of aliphatic imine (C=N–C) groups is 1. The van der Waals surface area contributed by atoms with Crippen molar-refractivity contribution < 1.29 is 0 Å². The standard InChI is InChI=1S/C23H20Cl2N2S2/c1-2-3-12-26-29-18-9-11-21-20(14-18)27-23(15-4-6-16(24)7-5-15)19-10-8-17(25)13-22(19)28-21/h4-11,13-14,26H,2-3,12H2,1H3. The highest BCUT2D eigenvalue weighted by atomic mass is 35.5. The van der Waals surface area contributed by atoms with Crippen LogP contribution in [0.3, 0.4) is 0 Å². The number of unbranched alkanes of at least 4 members (excludes halogenated alkanes) is 1. The Bertz CT molecular complexity index is 1050. The predicted molar refractivity (Wildman–Crippen MR) is 128 cm³/mol. The summed E-state index contributed by atoms with van der Waals surface area (Å²) >= 11 is 15.8. The lowest BCUT2D eigenvalue weighted by Crippen LogP contribution is -2.04. The molecule has 148 valence electrons. The molecule has 1 aliphatic rings. The van der Waals surface area contributed by atoms with Crippen LogP contribution in [-0.2, 0) is 0 Å². The molecule has 6 heteroatoms. The molecule has 1 aliphatic heterocycles. The van der Waals surface area contributed by atoms with Gasteiger partial charge in [-0.3, -0.25) is 4.72 Å². The molecule has 3 aromatic carbocycles. The van der Waals surface area contributed by atoms with E-state index in [1.165, 1.54) is 12.8 Å². The molecule has 0 radical (unpaired) electrons. The fourth-order valence-electron chi connectivity index (χ4n) is 3.02. The van der Waals surface area contributed by atoms with Crippen LogP contribution >= 0.6 is 46.9 Å². The Balaban J connectivity index is 1.76. The van der Waals surface area contributed by atoms with Crippen LogP contribution in [-0.4, -0.2) is 12.3 Å². The van der Waals surface area contributed by atoms with Crippen molar-refractivity contribution in [1.29, 1.82) is 0 Å². The van der Waals surface area contributed by atoms with E-state index in [0.29, 0.717) is 5.02 Å². The highest BCUT2D eigenvalue weighted by Crippen LogP contribution is 2.43. The lowest BCUT2D eigenvalue weighted by atomic mass is 10.0. The fraction of sp³-hybridized carbons (Fsp3) is 0.174. The lowest BCUT2D eigenvalue weighted by Gasteiger charge is -2.09. The molecule has 0 unspecified atom stereocenters. The van der Waals surface area contributed by atoms with E-state index >= 15 is 0 Å². The summed E-state index contributed by atoms with van der Waals surface area (Å²) in [6, 6.07) is 20.2. The van der Waals surface area contributed by atoms with Gasteiger partial charge in [0.2, 0.25) is 0 Å². The maximum absolute atomic E-state index is 6.30. The Labute approximate surface area is 190 Å². The van der Waals surface area contributed by atoms with Crippen molar-refractivity contribution in [2.75, 3.05) is 6.54 Å². The van der Waals surface area contributed by atoms with Crippen molar-refractivity contribution in [3.63, 3.8) is 0 Å². The summed E-state index contributed by atoms with van der Waals surface area (Å²) in [6.07, 6.45) is 2.35. The molecule has 0 aliphatic carbocycles. The van der Waals surface area contributed by atoms with Crippen LogP contribution < -0.4 is 4.72 Å². The van der Waals surface area contributed by atoms with Crippen molar-refractivity contribution in [1.82, 2.24) is 4.72 Å². The smallest absolute Gasteiger partial charge is 0.0793 e. The molecule has 1 N–H and O–H groups in total. The molecular formula is C23H20Cl2N2S2. The Kier molecular flexibility index (Phi) is 6.88. The number of nitrogens with one attached hydrogen (secondary N) is 1. The molecule has 29 heavy (non-hydrogen) atoms. The quantitative estimate of drug-likeness (QED) is 0.233. The first-order valence-corrected chi connectivity index (χ1v) is 11.9. The van der Waals surface area contributed by atoms with Crippen molar-refractivity contribution in [2.24, 2.45) is 4.99 Å². The zero-order valence-corrected chi connectivity index (χ0v) is 19.1. The van der Waals surface area contributed by atoms with Gasteiger partial charge in [-0.1, -0.05) is 66.5 Å². The number of rotatable bonds is 6. The molecule has 0 aromatic heterocycles. The van der Waals surface area contributed by atoms with E-state index in [2.05, 4.69) is 29.8 Å². The van der Waals surface area contributed by atoms with E-state index in [9.17, 15) is 0 Å². The van der Waals surface area contributed by atoms with E-state index in [1.54, 1.807) is 23.7 Å². The number of halogens is 2. The van der Waals surface area contributed by atoms with Crippen LogP contribution in [0.2, 0.25) is 10.0 Å². The van der Waals surface area contributed by atoms with Gasteiger partial charge in [-0.25, -0.2) is 4.99 Å². The third-order valence-electron chi connectivity index (χ3n) is 4.52.